The molecule has 0 atom stereocenters. The van der Waals surface area contributed by atoms with Gasteiger partial charge in [0.05, 0.1) is 8.66 Å². The van der Waals surface area contributed by atoms with Crippen LogP contribution in [0.5, 0.6) is 0 Å². The minimum atomic E-state index is 0.825. The summed E-state index contributed by atoms with van der Waals surface area (Å²) in [5.41, 5.74) is 0. The highest BCUT2D eigenvalue weighted by atomic mass is 79.9. The number of aromatic nitrogens is 3. The molecule has 0 fully saturated rings. The van der Waals surface area contributed by atoms with E-state index in [1.54, 1.807) is 11.3 Å². The zero-order valence-corrected chi connectivity index (χ0v) is 13.5. The van der Waals surface area contributed by atoms with Crippen LogP contribution in [0.15, 0.2) is 14.3 Å². The van der Waals surface area contributed by atoms with E-state index in [2.05, 4.69) is 64.9 Å². The normalized spacial score (nSPS) is 10.8. The lowest BCUT2D eigenvalue weighted by atomic mass is 10.4. The van der Waals surface area contributed by atoms with Crippen LogP contribution in [-0.4, -0.2) is 21.3 Å². The molecule has 2 aromatic heterocycles. The summed E-state index contributed by atoms with van der Waals surface area (Å²) in [6.45, 7) is 5.83. The van der Waals surface area contributed by atoms with Gasteiger partial charge in [-0.3, -0.25) is 4.57 Å². The molecule has 4 nitrogen and oxygen atoms in total. The van der Waals surface area contributed by atoms with Crippen LogP contribution in [0.2, 0.25) is 0 Å². The third-order valence-electron chi connectivity index (χ3n) is 2.27. The zero-order chi connectivity index (χ0) is 12.4. The molecule has 0 saturated heterocycles. The molecule has 0 aliphatic heterocycles. The van der Waals surface area contributed by atoms with Gasteiger partial charge in [0.25, 0.3) is 0 Å². The summed E-state index contributed by atoms with van der Waals surface area (Å²) >= 11 is 8.63. The molecular weight excluding hydrogens is 368 g/mol. The van der Waals surface area contributed by atoms with Crippen molar-refractivity contribution in [3.05, 3.63) is 14.3 Å². The summed E-state index contributed by atoms with van der Waals surface area (Å²) in [6.07, 6.45) is 0. The Hall–Kier alpha value is -0.400. The molecule has 2 rings (SSSR count). The van der Waals surface area contributed by atoms with Gasteiger partial charge >= 0.3 is 0 Å². The number of nitrogens with zero attached hydrogens (tertiary/aromatic N) is 3. The minimum Gasteiger partial charge on any atom is -0.355 e. The maximum absolute atomic E-state index is 4.25. The van der Waals surface area contributed by atoms with Crippen molar-refractivity contribution in [2.75, 3.05) is 11.9 Å². The van der Waals surface area contributed by atoms with Crippen molar-refractivity contribution in [3.63, 3.8) is 0 Å². The number of nitrogens with one attached hydrogen (secondary N) is 1. The van der Waals surface area contributed by atoms with Gasteiger partial charge in [-0.25, -0.2) is 0 Å². The van der Waals surface area contributed by atoms with E-state index in [1.807, 2.05) is 6.92 Å². The fourth-order valence-corrected chi connectivity index (χ4v) is 3.56. The lowest BCUT2D eigenvalue weighted by molar-refractivity contribution is 0.771. The van der Waals surface area contributed by atoms with Crippen LogP contribution in [0, 0.1) is 0 Å². The largest absolute Gasteiger partial charge is 0.355 e. The van der Waals surface area contributed by atoms with Gasteiger partial charge in [0.1, 0.15) is 0 Å². The molecule has 92 valence electrons. The van der Waals surface area contributed by atoms with E-state index >= 15 is 0 Å². The molecule has 17 heavy (non-hydrogen) atoms. The van der Waals surface area contributed by atoms with Crippen molar-refractivity contribution in [1.29, 1.82) is 0 Å². The third-order valence-corrected chi connectivity index (χ3v) is 5.52. The van der Waals surface area contributed by atoms with E-state index in [0.29, 0.717) is 0 Å². The lowest BCUT2D eigenvalue weighted by Crippen LogP contribution is -2.06. The van der Waals surface area contributed by atoms with Gasteiger partial charge in [0.15, 0.2) is 5.82 Å². The van der Waals surface area contributed by atoms with E-state index in [9.17, 15) is 0 Å². The molecule has 0 spiro atoms. The van der Waals surface area contributed by atoms with Crippen LogP contribution >= 0.6 is 43.2 Å². The molecular formula is C10H12Br2N4S. The summed E-state index contributed by atoms with van der Waals surface area (Å²) in [5, 5.41) is 11.6. The quantitative estimate of drug-likeness (QED) is 0.873. The van der Waals surface area contributed by atoms with E-state index in [-0.39, 0.29) is 0 Å². The molecule has 0 amide bonds. The summed E-state index contributed by atoms with van der Waals surface area (Å²) in [5.74, 6) is 1.73. The second-order valence-electron chi connectivity index (χ2n) is 3.35. The van der Waals surface area contributed by atoms with Crippen LogP contribution in [0.1, 0.15) is 13.8 Å². The molecule has 2 aromatic rings. The zero-order valence-electron chi connectivity index (χ0n) is 9.50. The molecule has 0 unspecified atom stereocenters. The first-order valence-corrected chi connectivity index (χ1v) is 7.69. The first kappa shape index (κ1) is 13.0. The maximum Gasteiger partial charge on any atom is 0.224 e. The van der Waals surface area contributed by atoms with Crippen LogP contribution < -0.4 is 5.32 Å². The van der Waals surface area contributed by atoms with Crippen LogP contribution in [0.3, 0.4) is 0 Å². The fourth-order valence-electron chi connectivity index (χ4n) is 1.53. The Bertz CT molecular complexity index is 501. The topological polar surface area (TPSA) is 42.7 Å². The fraction of sp³-hybridized carbons (Fsp3) is 0.400. The van der Waals surface area contributed by atoms with Crippen LogP contribution in [0.25, 0.3) is 10.7 Å². The number of hydrogen-bond donors (Lipinski definition) is 1. The second-order valence-corrected chi connectivity index (χ2v) is 6.58. The van der Waals surface area contributed by atoms with Crippen molar-refractivity contribution in [1.82, 2.24) is 14.8 Å². The monoisotopic (exact) mass is 378 g/mol. The molecule has 0 aliphatic carbocycles. The Labute approximate surface area is 121 Å². The van der Waals surface area contributed by atoms with Crippen molar-refractivity contribution in [2.45, 2.75) is 20.4 Å². The van der Waals surface area contributed by atoms with Gasteiger partial charge in [0, 0.05) is 17.6 Å². The summed E-state index contributed by atoms with van der Waals surface area (Å²) in [4.78, 5) is 1.10. The van der Waals surface area contributed by atoms with Gasteiger partial charge in [0.2, 0.25) is 5.95 Å². The third kappa shape index (κ3) is 2.56. The highest BCUT2D eigenvalue weighted by Gasteiger charge is 2.15. The van der Waals surface area contributed by atoms with Gasteiger partial charge in [-0.15, -0.1) is 21.5 Å². The van der Waals surface area contributed by atoms with Gasteiger partial charge < -0.3 is 5.32 Å². The standard InChI is InChI=1S/C10H12Br2N4S/c1-3-13-10-15-14-9(16(10)4-2)7-5-6(11)8(12)17-7/h5H,3-4H2,1-2H3,(H,13,15). The number of rotatable bonds is 4. The number of anilines is 1. The molecule has 0 bridgehead atoms. The van der Waals surface area contributed by atoms with Crippen molar-refractivity contribution >= 4 is 49.1 Å². The van der Waals surface area contributed by atoms with Crippen LogP contribution in [-0.2, 0) is 6.54 Å². The van der Waals surface area contributed by atoms with E-state index in [0.717, 1.165) is 38.0 Å². The SMILES string of the molecule is CCNc1nnc(-c2cc(Br)c(Br)s2)n1CC. The number of halogens is 2. The van der Waals surface area contributed by atoms with Crippen LogP contribution in [0.4, 0.5) is 5.95 Å². The highest BCUT2D eigenvalue weighted by molar-refractivity contribution is 9.13. The molecule has 2 heterocycles. The molecule has 0 aliphatic rings. The van der Waals surface area contributed by atoms with Crippen molar-refractivity contribution in [3.8, 4) is 10.7 Å². The average molecular weight is 380 g/mol. The Morgan fingerprint density at radius 3 is 2.65 bits per heavy atom. The summed E-state index contributed by atoms with van der Waals surface area (Å²) in [6, 6.07) is 2.06. The van der Waals surface area contributed by atoms with E-state index in [1.165, 1.54) is 0 Å². The van der Waals surface area contributed by atoms with Gasteiger partial charge in [-0.1, -0.05) is 0 Å². The smallest absolute Gasteiger partial charge is 0.224 e. The number of thiophene rings is 1. The van der Waals surface area contributed by atoms with Gasteiger partial charge in [-0.05, 0) is 51.8 Å². The Kier molecular flexibility index (Phi) is 4.22. The summed E-state index contributed by atoms with van der Waals surface area (Å²) in [7, 11) is 0. The predicted octanol–water partition coefficient (Wildman–Crippen LogP) is 3.98. The molecule has 7 heteroatoms. The Morgan fingerprint density at radius 2 is 2.12 bits per heavy atom. The lowest BCUT2D eigenvalue weighted by Gasteiger charge is -2.06. The Balaban J connectivity index is 2.44. The first-order valence-electron chi connectivity index (χ1n) is 5.29. The second kappa shape index (κ2) is 5.49. The van der Waals surface area contributed by atoms with Crippen molar-refractivity contribution < 1.29 is 0 Å². The molecule has 0 saturated carbocycles. The highest BCUT2D eigenvalue weighted by Crippen LogP contribution is 2.37. The van der Waals surface area contributed by atoms with E-state index in [4.69, 9.17) is 0 Å². The number of hydrogen-bond acceptors (Lipinski definition) is 4. The van der Waals surface area contributed by atoms with E-state index < -0.39 is 0 Å². The van der Waals surface area contributed by atoms with Crippen molar-refractivity contribution in [2.24, 2.45) is 0 Å². The Morgan fingerprint density at radius 1 is 1.35 bits per heavy atom. The molecule has 0 aromatic carbocycles. The minimum absolute atomic E-state index is 0.825. The van der Waals surface area contributed by atoms with Gasteiger partial charge in [-0.2, -0.15) is 0 Å². The predicted molar refractivity (Wildman–Crippen MR) is 78.6 cm³/mol. The first-order chi connectivity index (χ1) is 8.17. The molecule has 1 N–H and O–H groups in total. The maximum atomic E-state index is 4.25. The average Bonchev–Trinajstić information content (AvgIpc) is 2.84. The summed E-state index contributed by atoms with van der Waals surface area (Å²) < 4.78 is 4.20. The molecule has 0 radical (unpaired) electrons.